The predicted octanol–water partition coefficient (Wildman–Crippen LogP) is 5.37. The van der Waals surface area contributed by atoms with Crippen LogP contribution in [0.25, 0.3) is 10.2 Å². The summed E-state index contributed by atoms with van der Waals surface area (Å²) in [5.74, 6) is 0. The van der Waals surface area contributed by atoms with Crippen LogP contribution in [0.15, 0.2) is 42.5 Å². The number of rotatable bonds is 2. The van der Waals surface area contributed by atoms with E-state index in [-0.39, 0.29) is 0 Å². The second-order valence-electron chi connectivity index (χ2n) is 4.69. The molecule has 2 aromatic carbocycles. The molecule has 1 aromatic heterocycles. The Hall–Kier alpha value is -2.08. The number of thiazole rings is 1. The largest absolute Gasteiger partial charge is 0.416 e. The van der Waals surface area contributed by atoms with Crippen molar-refractivity contribution in [3.05, 3.63) is 53.6 Å². The van der Waals surface area contributed by atoms with Crippen molar-refractivity contribution in [2.45, 2.75) is 13.1 Å². The quantitative estimate of drug-likeness (QED) is 0.688. The van der Waals surface area contributed by atoms with Gasteiger partial charge in [0.1, 0.15) is 0 Å². The molecule has 0 aliphatic carbocycles. The molecular formula is C15H11F3N2S. The van der Waals surface area contributed by atoms with Gasteiger partial charge in [0.2, 0.25) is 0 Å². The summed E-state index contributed by atoms with van der Waals surface area (Å²) in [5.41, 5.74) is 1.90. The van der Waals surface area contributed by atoms with E-state index in [9.17, 15) is 13.2 Å². The summed E-state index contributed by atoms with van der Waals surface area (Å²) in [4.78, 5) is 4.29. The SMILES string of the molecule is Cc1ccc(Nc2nc3ccc(C(F)(F)F)cc3s2)cc1. The van der Waals surface area contributed by atoms with E-state index in [0.717, 1.165) is 23.4 Å². The summed E-state index contributed by atoms with van der Waals surface area (Å²) in [6.45, 7) is 1.99. The van der Waals surface area contributed by atoms with E-state index < -0.39 is 11.7 Å². The summed E-state index contributed by atoms with van der Waals surface area (Å²) in [7, 11) is 0. The molecule has 21 heavy (non-hydrogen) atoms. The van der Waals surface area contributed by atoms with Gasteiger partial charge in [0.05, 0.1) is 15.8 Å². The molecule has 0 radical (unpaired) electrons. The topological polar surface area (TPSA) is 24.9 Å². The Kier molecular flexibility index (Phi) is 3.33. The first-order valence-corrected chi connectivity index (χ1v) is 7.05. The molecule has 3 rings (SSSR count). The number of alkyl halides is 3. The van der Waals surface area contributed by atoms with Crippen LogP contribution in [0.5, 0.6) is 0 Å². The summed E-state index contributed by atoms with van der Waals surface area (Å²) in [5, 5.41) is 3.68. The van der Waals surface area contributed by atoms with E-state index in [1.54, 1.807) is 0 Å². The van der Waals surface area contributed by atoms with E-state index in [0.29, 0.717) is 15.3 Å². The number of hydrogen-bond donors (Lipinski definition) is 1. The molecule has 6 heteroatoms. The molecule has 0 saturated carbocycles. The lowest BCUT2D eigenvalue weighted by Gasteiger charge is -2.04. The van der Waals surface area contributed by atoms with Gasteiger partial charge in [-0.2, -0.15) is 13.2 Å². The maximum Gasteiger partial charge on any atom is 0.416 e. The molecule has 0 unspecified atom stereocenters. The van der Waals surface area contributed by atoms with Crippen molar-refractivity contribution in [2.75, 3.05) is 5.32 Å². The minimum Gasteiger partial charge on any atom is -0.332 e. The molecule has 0 amide bonds. The monoisotopic (exact) mass is 308 g/mol. The zero-order chi connectivity index (χ0) is 15.0. The summed E-state index contributed by atoms with van der Waals surface area (Å²) in [6, 6.07) is 11.3. The van der Waals surface area contributed by atoms with Gasteiger partial charge in [0.15, 0.2) is 5.13 Å². The fourth-order valence-electron chi connectivity index (χ4n) is 1.91. The van der Waals surface area contributed by atoms with Crippen LogP contribution in [-0.2, 0) is 6.18 Å². The van der Waals surface area contributed by atoms with Crippen LogP contribution in [0, 0.1) is 6.92 Å². The van der Waals surface area contributed by atoms with Crippen LogP contribution >= 0.6 is 11.3 Å². The molecule has 0 bridgehead atoms. The Morgan fingerprint density at radius 1 is 1.05 bits per heavy atom. The molecule has 1 N–H and O–H groups in total. The van der Waals surface area contributed by atoms with Crippen LogP contribution in [-0.4, -0.2) is 4.98 Å². The molecule has 2 nitrogen and oxygen atoms in total. The summed E-state index contributed by atoms with van der Waals surface area (Å²) < 4.78 is 38.5. The average molecular weight is 308 g/mol. The van der Waals surface area contributed by atoms with Crippen molar-refractivity contribution < 1.29 is 13.2 Å². The maximum absolute atomic E-state index is 12.7. The average Bonchev–Trinajstić information content (AvgIpc) is 2.81. The number of fused-ring (bicyclic) bond motifs is 1. The summed E-state index contributed by atoms with van der Waals surface area (Å²) >= 11 is 1.20. The third kappa shape index (κ3) is 3.00. The summed E-state index contributed by atoms with van der Waals surface area (Å²) in [6.07, 6.45) is -4.33. The van der Waals surface area contributed by atoms with Crippen LogP contribution in [0.4, 0.5) is 24.0 Å². The smallest absolute Gasteiger partial charge is 0.332 e. The molecule has 0 spiro atoms. The third-order valence-electron chi connectivity index (χ3n) is 3.02. The number of nitrogens with one attached hydrogen (secondary N) is 1. The van der Waals surface area contributed by atoms with Gasteiger partial charge in [-0.25, -0.2) is 4.98 Å². The standard InChI is InChI=1S/C15H11F3N2S/c1-9-2-5-11(6-3-9)19-14-20-12-7-4-10(15(16,17)18)8-13(12)21-14/h2-8H,1H3,(H,19,20). The van der Waals surface area contributed by atoms with Crippen molar-refractivity contribution in [1.29, 1.82) is 0 Å². The Morgan fingerprint density at radius 2 is 1.76 bits per heavy atom. The molecule has 0 aliphatic heterocycles. The molecule has 108 valence electrons. The van der Waals surface area contributed by atoms with Gasteiger partial charge in [-0.3, -0.25) is 0 Å². The number of aryl methyl sites for hydroxylation is 1. The van der Waals surface area contributed by atoms with Crippen molar-refractivity contribution in [3.8, 4) is 0 Å². The third-order valence-corrected chi connectivity index (χ3v) is 3.95. The maximum atomic E-state index is 12.7. The van der Waals surface area contributed by atoms with Crippen LogP contribution < -0.4 is 5.32 Å². The van der Waals surface area contributed by atoms with Gasteiger partial charge in [-0.1, -0.05) is 29.0 Å². The van der Waals surface area contributed by atoms with Crippen molar-refractivity contribution >= 4 is 32.4 Å². The second kappa shape index (κ2) is 5.04. The van der Waals surface area contributed by atoms with Gasteiger partial charge >= 0.3 is 6.18 Å². The van der Waals surface area contributed by atoms with Crippen molar-refractivity contribution in [1.82, 2.24) is 4.98 Å². The van der Waals surface area contributed by atoms with Gasteiger partial charge in [0.25, 0.3) is 0 Å². The first kappa shape index (κ1) is 13.9. The normalized spacial score (nSPS) is 11.8. The van der Waals surface area contributed by atoms with E-state index in [4.69, 9.17) is 0 Å². The number of nitrogens with zero attached hydrogens (tertiary/aromatic N) is 1. The van der Waals surface area contributed by atoms with Crippen molar-refractivity contribution in [2.24, 2.45) is 0 Å². The van der Waals surface area contributed by atoms with Gasteiger partial charge in [0, 0.05) is 5.69 Å². The molecule has 0 aliphatic rings. The fourth-order valence-corrected chi connectivity index (χ4v) is 2.84. The minimum absolute atomic E-state index is 0.513. The van der Waals surface area contributed by atoms with Crippen LogP contribution in [0.3, 0.4) is 0 Å². The van der Waals surface area contributed by atoms with Gasteiger partial charge in [-0.15, -0.1) is 0 Å². The number of aromatic nitrogens is 1. The Labute approximate surface area is 123 Å². The molecule has 0 saturated heterocycles. The van der Waals surface area contributed by atoms with E-state index in [2.05, 4.69) is 10.3 Å². The molecule has 0 atom stereocenters. The molecular weight excluding hydrogens is 297 g/mol. The lowest BCUT2D eigenvalue weighted by atomic mass is 10.2. The van der Waals surface area contributed by atoms with E-state index in [1.165, 1.54) is 17.4 Å². The van der Waals surface area contributed by atoms with Crippen molar-refractivity contribution in [3.63, 3.8) is 0 Å². The Bertz CT molecular complexity index is 776. The number of hydrogen-bond acceptors (Lipinski definition) is 3. The van der Waals surface area contributed by atoms with Gasteiger partial charge in [-0.05, 0) is 37.3 Å². The highest BCUT2D eigenvalue weighted by Crippen LogP contribution is 2.35. The highest BCUT2D eigenvalue weighted by atomic mass is 32.1. The first-order chi connectivity index (χ1) is 9.91. The van der Waals surface area contributed by atoms with Crippen LogP contribution in [0.2, 0.25) is 0 Å². The molecule has 1 heterocycles. The number of anilines is 2. The zero-order valence-corrected chi connectivity index (χ0v) is 11.8. The predicted molar refractivity (Wildman–Crippen MR) is 79.1 cm³/mol. The zero-order valence-electron chi connectivity index (χ0n) is 11.0. The lowest BCUT2D eigenvalue weighted by Crippen LogP contribution is -2.03. The lowest BCUT2D eigenvalue weighted by molar-refractivity contribution is -0.137. The number of benzene rings is 2. The minimum atomic E-state index is -4.33. The highest BCUT2D eigenvalue weighted by Gasteiger charge is 2.30. The van der Waals surface area contributed by atoms with Crippen LogP contribution in [0.1, 0.15) is 11.1 Å². The first-order valence-electron chi connectivity index (χ1n) is 6.23. The second-order valence-corrected chi connectivity index (χ2v) is 5.72. The highest BCUT2D eigenvalue weighted by molar-refractivity contribution is 7.22. The molecule has 3 aromatic rings. The Morgan fingerprint density at radius 3 is 2.43 bits per heavy atom. The number of halogens is 3. The molecule has 0 fully saturated rings. The fraction of sp³-hybridized carbons (Fsp3) is 0.133. The Balaban J connectivity index is 1.92. The van der Waals surface area contributed by atoms with E-state index >= 15 is 0 Å². The van der Waals surface area contributed by atoms with Gasteiger partial charge < -0.3 is 5.32 Å². The van der Waals surface area contributed by atoms with E-state index in [1.807, 2.05) is 31.2 Å².